The van der Waals surface area contributed by atoms with Crippen molar-refractivity contribution in [1.29, 1.82) is 0 Å². The van der Waals surface area contributed by atoms with Gasteiger partial charge in [-0.2, -0.15) is 4.31 Å². The van der Waals surface area contributed by atoms with Crippen molar-refractivity contribution in [3.63, 3.8) is 0 Å². The summed E-state index contributed by atoms with van der Waals surface area (Å²) in [5.74, 6) is 1.13. The van der Waals surface area contributed by atoms with Crippen molar-refractivity contribution in [1.82, 2.24) is 24.2 Å². The number of rotatable bonds is 5. The SMILES string of the molecule is Cc1ccnc(S(=O)(=O)N2CCN3C[C@@H](Oc4cnc(C5CC5)cn4)C[C@H]3C2)c1. The third kappa shape index (κ3) is 3.86. The molecule has 0 amide bonds. The molecule has 2 saturated heterocycles. The molecule has 3 fully saturated rings. The first-order valence-corrected chi connectivity index (χ1v) is 11.6. The molecule has 3 aliphatic rings. The van der Waals surface area contributed by atoms with Crippen LogP contribution < -0.4 is 4.74 Å². The number of ether oxygens (including phenoxy) is 1. The first kappa shape index (κ1) is 18.9. The highest BCUT2D eigenvalue weighted by molar-refractivity contribution is 7.89. The lowest BCUT2D eigenvalue weighted by atomic mass is 10.2. The monoisotopic (exact) mass is 415 g/mol. The fourth-order valence-electron chi connectivity index (χ4n) is 4.20. The highest BCUT2D eigenvalue weighted by atomic mass is 32.2. The van der Waals surface area contributed by atoms with Crippen molar-refractivity contribution in [2.45, 2.75) is 49.3 Å². The molecule has 1 aliphatic carbocycles. The van der Waals surface area contributed by atoms with Crippen LogP contribution in [0, 0.1) is 6.92 Å². The smallest absolute Gasteiger partial charge is 0.260 e. The Morgan fingerprint density at radius 1 is 1.10 bits per heavy atom. The maximum Gasteiger partial charge on any atom is 0.260 e. The molecule has 0 radical (unpaired) electrons. The Hall–Kier alpha value is -2.10. The lowest BCUT2D eigenvalue weighted by Crippen LogP contribution is -2.52. The molecule has 0 spiro atoms. The molecule has 29 heavy (non-hydrogen) atoms. The molecule has 2 atom stereocenters. The summed E-state index contributed by atoms with van der Waals surface area (Å²) in [6.07, 6.45) is 8.26. The van der Waals surface area contributed by atoms with Crippen LogP contribution in [0.2, 0.25) is 0 Å². The second-order valence-electron chi connectivity index (χ2n) is 8.21. The molecule has 5 rings (SSSR count). The van der Waals surface area contributed by atoms with Gasteiger partial charge < -0.3 is 4.74 Å². The normalized spacial score (nSPS) is 25.7. The van der Waals surface area contributed by atoms with Crippen LogP contribution in [-0.4, -0.2) is 70.9 Å². The molecule has 154 valence electrons. The van der Waals surface area contributed by atoms with Crippen LogP contribution in [0.3, 0.4) is 0 Å². The van der Waals surface area contributed by atoms with Gasteiger partial charge >= 0.3 is 0 Å². The van der Waals surface area contributed by atoms with Crippen molar-refractivity contribution in [3.05, 3.63) is 42.0 Å². The van der Waals surface area contributed by atoms with E-state index < -0.39 is 10.0 Å². The van der Waals surface area contributed by atoms with Crippen LogP contribution >= 0.6 is 0 Å². The second kappa shape index (κ2) is 7.30. The first-order valence-electron chi connectivity index (χ1n) is 10.1. The van der Waals surface area contributed by atoms with Gasteiger partial charge in [-0.1, -0.05) is 0 Å². The number of sulfonamides is 1. The van der Waals surface area contributed by atoms with Crippen molar-refractivity contribution in [2.75, 3.05) is 26.2 Å². The highest BCUT2D eigenvalue weighted by Crippen LogP contribution is 2.38. The zero-order valence-corrected chi connectivity index (χ0v) is 17.3. The largest absolute Gasteiger partial charge is 0.472 e. The molecule has 2 aromatic rings. The minimum atomic E-state index is -3.57. The van der Waals surface area contributed by atoms with Gasteiger partial charge in [0.05, 0.1) is 18.1 Å². The molecule has 2 aliphatic heterocycles. The van der Waals surface area contributed by atoms with Crippen LogP contribution in [-0.2, 0) is 10.0 Å². The molecule has 2 aromatic heterocycles. The number of nitrogens with zero attached hydrogens (tertiary/aromatic N) is 5. The number of aromatic nitrogens is 3. The van der Waals surface area contributed by atoms with E-state index in [1.807, 2.05) is 13.1 Å². The Kier molecular flexibility index (Phi) is 4.76. The molecule has 8 nitrogen and oxygen atoms in total. The maximum absolute atomic E-state index is 13.0. The summed E-state index contributed by atoms with van der Waals surface area (Å²) in [5, 5.41) is 0.128. The van der Waals surface area contributed by atoms with Crippen LogP contribution in [0.5, 0.6) is 5.88 Å². The lowest BCUT2D eigenvalue weighted by Gasteiger charge is -2.36. The van der Waals surface area contributed by atoms with E-state index in [-0.39, 0.29) is 17.2 Å². The Bertz CT molecular complexity index is 993. The summed E-state index contributed by atoms with van der Waals surface area (Å²) >= 11 is 0. The first-order chi connectivity index (χ1) is 14.0. The number of fused-ring (bicyclic) bond motifs is 1. The van der Waals surface area contributed by atoms with Gasteiger partial charge in [0.2, 0.25) is 5.88 Å². The van der Waals surface area contributed by atoms with Crippen LogP contribution in [0.1, 0.15) is 36.4 Å². The molecule has 0 bridgehead atoms. The van der Waals surface area contributed by atoms with Gasteiger partial charge in [-0.3, -0.25) is 9.88 Å². The summed E-state index contributed by atoms with van der Waals surface area (Å²) in [5.41, 5.74) is 1.94. The van der Waals surface area contributed by atoms with Gasteiger partial charge in [-0.25, -0.2) is 18.4 Å². The molecule has 9 heteroatoms. The lowest BCUT2D eigenvalue weighted by molar-refractivity contribution is 0.151. The number of pyridine rings is 1. The molecule has 0 aromatic carbocycles. The Balaban J connectivity index is 1.23. The zero-order chi connectivity index (χ0) is 20.0. The van der Waals surface area contributed by atoms with Gasteiger partial charge in [0.15, 0.2) is 5.03 Å². The molecular formula is C20H25N5O3S. The third-order valence-electron chi connectivity index (χ3n) is 5.97. The average Bonchev–Trinajstić information content (AvgIpc) is 3.48. The van der Waals surface area contributed by atoms with Crippen molar-refractivity contribution >= 4 is 10.0 Å². The average molecular weight is 416 g/mol. The van der Waals surface area contributed by atoms with E-state index in [2.05, 4.69) is 19.9 Å². The number of hydrogen-bond acceptors (Lipinski definition) is 7. The standard InChI is InChI=1S/C20H25N5O3S/c1-14-4-5-21-20(8-14)29(26,27)25-7-6-24-13-17(9-16(24)12-25)28-19-11-22-18(10-23-19)15-2-3-15/h4-5,8,10-11,15-17H,2-3,6-7,9,12-13H2,1H3/t16-,17-/m0/s1. The fraction of sp³-hybridized carbons (Fsp3) is 0.550. The minimum Gasteiger partial charge on any atom is -0.472 e. The summed E-state index contributed by atoms with van der Waals surface area (Å²) in [6.45, 7) is 4.29. The van der Waals surface area contributed by atoms with Crippen LogP contribution in [0.25, 0.3) is 0 Å². The van der Waals surface area contributed by atoms with Crippen molar-refractivity contribution < 1.29 is 13.2 Å². The van der Waals surface area contributed by atoms with Crippen LogP contribution in [0.15, 0.2) is 35.7 Å². The second-order valence-corrected chi connectivity index (χ2v) is 10.1. The quantitative estimate of drug-likeness (QED) is 0.733. The van der Waals surface area contributed by atoms with E-state index in [1.54, 1.807) is 28.8 Å². The molecule has 4 heterocycles. The summed E-state index contributed by atoms with van der Waals surface area (Å²) in [4.78, 5) is 15.3. The van der Waals surface area contributed by atoms with Gasteiger partial charge in [0.1, 0.15) is 6.10 Å². The topological polar surface area (TPSA) is 88.5 Å². The van der Waals surface area contributed by atoms with Gasteiger partial charge in [-0.15, -0.1) is 0 Å². The van der Waals surface area contributed by atoms with E-state index in [0.29, 0.717) is 31.4 Å². The van der Waals surface area contributed by atoms with E-state index in [1.165, 1.54) is 12.8 Å². The predicted octanol–water partition coefficient (Wildman–Crippen LogP) is 1.58. The number of piperazine rings is 1. The molecular weight excluding hydrogens is 390 g/mol. The predicted molar refractivity (Wildman–Crippen MR) is 106 cm³/mol. The molecule has 0 N–H and O–H groups in total. The number of hydrogen-bond donors (Lipinski definition) is 0. The van der Waals surface area contributed by atoms with Gasteiger partial charge in [0.25, 0.3) is 10.0 Å². The maximum atomic E-state index is 13.0. The summed E-state index contributed by atoms with van der Waals surface area (Å²) in [6, 6.07) is 3.58. The summed E-state index contributed by atoms with van der Waals surface area (Å²) in [7, 11) is -3.57. The van der Waals surface area contributed by atoms with Gasteiger partial charge in [-0.05, 0) is 37.5 Å². The van der Waals surface area contributed by atoms with E-state index >= 15 is 0 Å². The molecule has 0 unspecified atom stereocenters. The summed E-state index contributed by atoms with van der Waals surface area (Å²) < 4.78 is 33.6. The van der Waals surface area contributed by atoms with E-state index in [4.69, 9.17) is 4.74 Å². The third-order valence-corrected chi connectivity index (χ3v) is 7.73. The van der Waals surface area contributed by atoms with Crippen molar-refractivity contribution in [3.8, 4) is 5.88 Å². The zero-order valence-electron chi connectivity index (χ0n) is 16.4. The Morgan fingerprint density at radius 2 is 1.97 bits per heavy atom. The minimum absolute atomic E-state index is 0.000763. The highest BCUT2D eigenvalue weighted by Gasteiger charge is 2.41. The molecule has 1 saturated carbocycles. The van der Waals surface area contributed by atoms with Gasteiger partial charge in [0, 0.05) is 50.8 Å². The Labute approximate surface area is 171 Å². The fourth-order valence-corrected chi connectivity index (χ4v) is 5.68. The van der Waals surface area contributed by atoms with Crippen LogP contribution in [0.4, 0.5) is 0 Å². The number of aryl methyl sites for hydroxylation is 1. The van der Waals surface area contributed by atoms with E-state index in [0.717, 1.165) is 24.2 Å². The van der Waals surface area contributed by atoms with Crippen molar-refractivity contribution in [2.24, 2.45) is 0 Å². The van der Waals surface area contributed by atoms with E-state index in [9.17, 15) is 8.42 Å². The Morgan fingerprint density at radius 3 is 2.69 bits per heavy atom.